The van der Waals surface area contributed by atoms with E-state index in [1.165, 1.54) is 31.7 Å². The van der Waals surface area contributed by atoms with E-state index >= 15 is 0 Å². The zero-order chi connectivity index (χ0) is 16.5. The van der Waals surface area contributed by atoms with Gasteiger partial charge >= 0.3 is 0 Å². The summed E-state index contributed by atoms with van der Waals surface area (Å²) < 4.78 is 1.39. The lowest BCUT2D eigenvalue weighted by Crippen LogP contribution is -2.45. The second kappa shape index (κ2) is 6.67. The third-order valence-corrected chi connectivity index (χ3v) is 6.12. The van der Waals surface area contributed by atoms with Crippen molar-refractivity contribution in [3.05, 3.63) is 70.1 Å². The van der Waals surface area contributed by atoms with E-state index in [2.05, 4.69) is 72.6 Å². The van der Waals surface area contributed by atoms with Crippen LogP contribution in [0.1, 0.15) is 27.6 Å². The average Bonchev–Trinajstić information content (AvgIpc) is 3.01. The highest BCUT2D eigenvalue weighted by atomic mass is 32.1. The molecule has 1 aliphatic rings. The number of nitrogens with zero attached hydrogens (tertiary/aromatic N) is 1. The predicted molar refractivity (Wildman–Crippen MR) is 104 cm³/mol. The van der Waals surface area contributed by atoms with Gasteiger partial charge in [0.15, 0.2) is 0 Å². The lowest BCUT2D eigenvalue weighted by atomic mass is 9.96. The number of nitrogens with one attached hydrogen (secondary N) is 1. The van der Waals surface area contributed by atoms with Gasteiger partial charge in [-0.25, -0.2) is 0 Å². The molecule has 0 amide bonds. The Morgan fingerprint density at radius 3 is 2.54 bits per heavy atom. The molecule has 0 spiro atoms. The Hall–Kier alpha value is -1.68. The van der Waals surface area contributed by atoms with Crippen LogP contribution in [-0.2, 0) is 0 Å². The van der Waals surface area contributed by atoms with Gasteiger partial charge in [-0.1, -0.05) is 42.0 Å². The van der Waals surface area contributed by atoms with Crippen LogP contribution in [0.4, 0.5) is 0 Å². The summed E-state index contributed by atoms with van der Waals surface area (Å²) in [6.45, 7) is 8.79. The van der Waals surface area contributed by atoms with Crippen molar-refractivity contribution >= 4 is 21.4 Å². The highest BCUT2D eigenvalue weighted by molar-refractivity contribution is 7.19. The van der Waals surface area contributed by atoms with Gasteiger partial charge in [0.25, 0.3) is 0 Å². The van der Waals surface area contributed by atoms with Crippen LogP contribution in [0.15, 0.2) is 48.5 Å². The number of benzene rings is 2. The minimum atomic E-state index is 0.366. The summed E-state index contributed by atoms with van der Waals surface area (Å²) in [5.74, 6) is 0. The van der Waals surface area contributed by atoms with E-state index in [9.17, 15) is 0 Å². The van der Waals surface area contributed by atoms with Gasteiger partial charge in [0.05, 0.1) is 6.04 Å². The molecule has 1 aromatic heterocycles. The highest BCUT2D eigenvalue weighted by Crippen LogP contribution is 2.38. The van der Waals surface area contributed by atoms with Crippen molar-refractivity contribution in [1.29, 1.82) is 0 Å². The molecule has 4 rings (SSSR count). The van der Waals surface area contributed by atoms with Gasteiger partial charge in [-0.3, -0.25) is 4.90 Å². The van der Waals surface area contributed by atoms with E-state index in [4.69, 9.17) is 0 Å². The minimum Gasteiger partial charge on any atom is -0.314 e. The molecule has 3 heteroatoms. The Labute approximate surface area is 148 Å². The van der Waals surface area contributed by atoms with Crippen LogP contribution in [0.25, 0.3) is 10.1 Å². The molecule has 1 saturated heterocycles. The summed E-state index contributed by atoms with van der Waals surface area (Å²) in [6, 6.07) is 18.4. The van der Waals surface area contributed by atoms with E-state index in [0.29, 0.717) is 6.04 Å². The summed E-state index contributed by atoms with van der Waals surface area (Å²) >= 11 is 1.94. The van der Waals surface area contributed by atoms with Crippen molar-refractivity contribution in [2.45, 2.75) is 19.9 Å². The van der Waals surface area contributed by atoms with E-state index in [0.717, 1.165) is 26.2 Å². The van der Waals surface area contributed by atoms with Crippen molar-refractivity contribution in [3.63, 3.8) is 0 Å². The van der Waals surface area contributed by atoms with Gasteiger partial charge in [-0.2, -0.15) is 0 Å². The molecule has 1 unspecified atom stereocenters. The molecular weight excluding hydrogens is 312 g/mol. The van der Waals surface area contributed by atoms with Crippen LogP contribution in [0.3, 0.4) is 0 Å². The lowest BCUT2D eigenvalue weighted by molar-refractivity contribution is 0.200. The zero-order valence-corrected chi connectivity index (χ0v) is 15.2. The van der Waals surface area contributed by atoms with E-state index < -0.39 is 0 Å². The maximum absolute atomic E-state index is 3.48. The summed E-state index contributed by atoms with van der Waals surface area (Å²) in [5.41, 5.74) is 4.19. The van der Waals surface area contributed by atoms with E-state index in [1.54, 1.807) is 0 Å². The summed E-state index contributed by atoms with van der Waals surface area (Å²) in [4.78, 5) is 4.10. The van der Waals surface area contributed by atoms with E-state index in [-0.39, 0.29) is 0 Å². The molecule has 124 valence electrons. The summed E-state index contributed by atoms with van der Waals surface area (Å²) in [6.07, 6.45) is 0. The fourth-order valence-corrected chi connectivity index (χ4v) is 4.96. The second-order valence-electron chi connectivity index (χ2n) is 6.74. The molecule has 24 heavy (non-hydrogen) atoms. The van der Waals surface area contributed by atoms with Crippen LogP contribution >= 0.6 is 11.3 Å². The normalized spacial score (nSPS) is 17.2. The number of hydrogen-bond donors (Lipinski definition) is 1. The third kappa shape index (κ3) is 3.00. The van der Waals surface area contributed by atoms with Crippen LogP contribution < -0.4 is 5.32 Å². The largest absolute Gasteiger partial charge is 0.314 e. The standard InChI is InChI=1S/C21H24N2S/c1-15-7-8-18(16(2)13-15)21(23-11-9-22-10-12-23)20-14-17-5-3-4-6-19(17)24-20/h3-8,13-14,21-22H,9-12H2,1-2H3. The van der Waals surface area contributed by atoms with Crippen molar-refractivity contribution < 1.29 is 0 Å². The topological polar surface area (TPSA) is 15.3 Å². The quantitative estimate of drug-likeness (QED) is 0.757. The number of aryl methyl sites for hydroxylation is 2. The predicted octanol–water partition coefficient (Wildman–Crippen LogP) is 4.51. The van der Waals surface area contributed by atoms with Crippen molar-refractivity contribution in [2.75, 3.05) is 26.2 Å². The van der Waals surface area contributed by atoms with Gasteiger partial charge in [0, 0.05) is 35.8 Å². The van der Waals surface area contributed by atoms with Gasteiger partial charge in [-0.15, -0.1) is 11.3 Å². The van der Waals surface area contributed by atoms with Crippen LogP contribution in [0.5, 0.6) is 0 Å². The number of piperazine rings is 1. The molecule has 2 nitrogen and oxygen atoms in total. The van der Waals surface area contributed by atoms with E-state index in [1.807, 2.05) is 11.3 Å². The number of hydrogen-bond acceptors (Lipinski definition) is 3. The Bertz CT molecular complexity index is 813. The SMILES string of the molecule is Cc1ccc(C(c2cc3ccccc3s2)N2CCNCC2)c(C)c1. The highest BCUT2D eigenvalue weighted by Gasteiger charge is 2.26. The number of thiophene rings is 1. The minimum absolute atomic E-state index is 0.366. The first-order valence-corrected chi connectivity index (χ1v) is 9.54. The summed E-state index contributed by atoms with van der Waals surface area (Å²) in [7, 11) is 0. The van der Waals surface area contributed by atoms with Crippen molar-refractivity contribution in [2.24, 2.45) is 0 Å². The third-order valence-electron chi connectivity index (χ3n) is 4.95. The average molecular weight is 337 g/mol. The molecule has 2 heterocycles. The molecule has 1 N–H and O–H groups in total. The zero-order valence-electron chi connectivity index (χ0n) is 14.4. The maximum Gasteiger partial charge on any atom is 0.0699 e. The fourth-order valence-electron chi connectivity index (χ4n) is 3.74. The Kier molecular flexibility index (Phi) is 4.40. The van der Waals surface area contributed by atoms with Gasteiger partial charge < -0.3 is 5.32 Å². The Balaban J connectivity index is 1.82. The van der Waals surface area contributed by atoms with Crippen molar-refractivity contribution in [3.8, 4) is 0 Å². The molecular formula is C21H24N2S. The molecule has 0 radical (unpaired) electrons. The molecule has 0 aliphatic carbocycles. The van der Waals surface area contributed by atoms with Crippen LogP contribution in [0.2, 0.25) is 0 Å². The van der Waals surface area contributed by atoms with Crippen LogP contribution in [-0.4, -0.2) is 31.1 Å². The number of fused-ring (bicyclic) bond motifs is 1. The first-order valence-electron chi connectivity index (χ1n) is 8.73. The van der Waals surface area contributed by atoms with Crippen molar-refractivity contribution in [1.82, 2.24) is 10.2 Å². The molecule has 0 bridgehead atoms. The maximum atomic E-state index is 3.48. The monoisotopic (exact) mass is 336 g/mol. The fraction of sp³-hybridized carbons (Fsp3) is 0.333. The summed E-state index contributed by atoms with van der Waals surface area (Å²) in [5, 5.41) is 4.85. The molecule has 2 aromatic carbocycles. The molecule has 3 aromatic rings. The van der Waals surface area contributed by atoms with Gasteiger partial charge in [0.2, 0.25) is 0 Å². The Morgan fingerprint density at radius 1 is 1.00 bits per heavy atom. The smallest absolute Gasteiger partial charge is 0.0699 e. The molecule has 1 atom stereocenters. The first-order chi connectivity index (χ1) is 11.7. The van der Waals surface area contributed by atoms with Gasteiger partial charge in [0.1, 0.15) is 0 Å². The number of rotatable bonds is 3. The molecule has 1 aliphatic heterocycles. The van der Waals surface area contributed by atoms with Gasteiger partial charge in [-0.05, 0) is 42.5 Å². The molecule has 0 saturated carbocycles. The first kappa shape index (κ1) is 15.8. The Morgan fingerprint density at radius 2 is 1.79 bits per heavy atom. The second-order valence-corrected chi connectivity index (χ2v) is 7.85. The van der Waals surface area contributed by atoms with Crippen LogP contribution in [0, 0.1) is 13.8 Å². The lowest BCUT2D eigenvalue weighted by Gasteiger charge is -2.35. The molecule has 1 fully saturated rings.